The van der Waals surface area contributed by atoms with Crippen LogP contribution in [0.3, 0.4) is 0 Å². The van der Waals surface area contributed by atoms with E-state index in [1.54, 1.807) is 0 Å². The van der Waals surface area contributed by atoms with Crippen LogP contribution < -0.4 is 0 Å². The van der Waals surface area contributed by atoms with Crippen LogP contribution >= 0.6 is 11.6 Å². The lowest BCUT2D eigenvalue weighted by molar-refractivity contribution is -0.105. The van der Waals surface area contributed by atoms with Gasteiger partial charge in [0.15, 0.2) is 0 Å². The fourth-order valence-corrected chi connectivity index (χ4v) is 7.65. The molecule has 32 heavy (non-hydrogen) atoms. The summed E-state index contributed by atoms with van der Waals surface area (Å²) in [5.41, 5.74) is 2.65. The molecule has 2 fully saturated rings. The smallest absolute Gasteiger partial charge is 0.338 e. The summed E-state index contributed by atoms with van der Waals surface area (Å²) in [6.07, 6.45) is 9.77. The SMILES string of the molecule is C[C@]12CC[C@H](OC(=O)c3ccc(F)cc3)CC1=CCC1C2CC[C@]2(C)C(Cl)=C(C=O)CC12. The van der Waals surface area contributed by atoms with Crippen LogP contribution in [-0.2, 0) is 9.53 Å². The van der Waals surface area contributed by atoms with Crippen LogP contribution in [0.25, 0.3) is 0 Å². The number of aldehydes is 1. The first-order valence-electron chi connectivity index (χ1n) is 11.8. The highest BCUT2D eigenvalue weighted by molar-refractivity contribution is 6.32. The number of allylic oxidation sites excluding steroid dienone is 3. The highest BCUT2D eigenvalue weighted by atomic mass is 35.5. The molecule has 2 saturated carbocycles. The Morgan fingerprint density at radius 2 is 1.81 bits per heavy atom. The van der Waals surface area contributed by atoms with Gasteiger partial charge in [0.2, 0.25) is 0 Å². The second-order valence-electron chi connectivity index (χ2n) is 10.7. The van der Waals surface area contributed by atoms with Gasteiger partial charge in [0.25, 0.3) is 0 Å². The molecule has 0 N–H and O–H groups in total. The van der Waals surface area contributed by atoms with Crippen molar-refractivity contribution in [3.05, 3.63) is 57.9 Å². The van der Waals surface area contributed by atoms with Crippen molar-refractivity contribution in [1.82, 2.24) is 0 Å². The standard InChI is InChI=1S/C27H30ClFO3/c1-26-11-9-20(32-25(31)16-3-6-19(29)7-4-16)14-18(26)5-8-21-22(26)10-12-27(2)23(21)13-17(15-30)24(27)28/h3-7,15,20-23H,8-14H2,1-2H3/t20-,21?,22?,23?,26-,27-/m0/s1. The first-order valence-corrected chi connectivity index (χ1v) is 12.1. The van der Waals surface area contributed by atoms with Crippen LogP contribution in [0.2, 0.25) is 0 Å². The van der Waals surface area contributed by atoms with Gasteiger partial charge in [0.05, 0.1) is 5.56 Å². The minimum Gasteiger partial charge on any atom is -0.458 e. The van der Waals surface area contributed by atoms with Crippen LogP contribution in [-0.4, -0.2) is 18.4 Å². The molecule has 0 saturated heterocycles. The average Bonchev–Trinajstić information content (AvgIpc) is 3.05. The Labute approximate surface area is 194 Å². The maximum absolute atomic E-state index is 13.2. The van der Waals surface area contributed by atoms with Crippen molar-refractivity contribution < 1.29 is 18.7 Å². The zero-order chi connectivity index (χ0) is 22.7. The van der Waals surface area contributed by atoms with Gasteiger partial charge in [0, 0.05) is 22.4 Å². The zero-order valence-corrected chi connectivity index (χ0v) is 19.5. The minimum absolute atomic E-state index is 0.0669. The molecule has 3 unspecified atom stereocenters. The van der Waals surface area contributed by atoms with Crippen LogP contribution in [0, 0.1) is 34.4 Å². The van der Waals surface area contributed by atoms with E-state index in [1.165, 1.54) is 29.8 Å². The lowest BCUT2D eigenvalue weighted by Gasteiger charge is -2.57. The Hall–Kier alpha value is -1.94. The number of hydrogen-bond acceptors (Lipinski definition) is 3. The maximum Gasteiger partial charge on any atom is 0.338 e. The summed E-state index contributed by atoms with van der Waals surface area (Å²) in [5.74, 6) is 0.795. The molecule has 0 spiro atoms. The fraction of sp³-hybridized carbons (Fsp3) is 0.556. The van der Waals surface area contributed by atoms with Gasteiger partial charge in [-0.05, 0) is 86.0 Å². The molecule has 170 valence electrons. The van der Waals surface area contributed by atoms with Crippen LogP contribution in [0.1, 0.15) is 69.2 Å². The topological polar surface area (TPSA) is 43.4 Å². The van der Waals surface area contributed by atoms with Gasteiger partial charge >= 0.3 is 5.97 Å². The third-order valence-corrected chi connectivity index (χ3v) is 9.84. The Morgan fingerprint density at radius 1 is 1.09 bits per heavy atom. The predicted molar refractivity (Wildman–Crippen MR) is 122 cm³/mol. The van der Waals surface area contributed by atoms with Crippen molar-refractivity contribution in [3.63, 3.8) is 0 Å². The third-order valence-electron chi connectivity index (χ3n) is 9.17. The Kier molecular flexibility index (Phi) is 5.35. The van der Waals surface area contributed by atoms with Crippen molar-refractivity contribution in [2.75, 3.05) is 0 Å². The summed E-state index contributed by atoms with van der Waals surface area (Å²) in [7, 11) is 0. The molecule has 0 amide bonds. The van der Waals surface area contributed by atoms with Gasteiger partial charge < -0.3 is 4.74 Å². The monoisotopic (exact) mass is 456 g/mol. The highest BCUT2D eigenvalue weighted by Crippen LogP contribution is 2.66. The molecular weight excluding hydrogens is 427 g/mol. The molecular formula is C27H30ClFO3. The molecule has 0 heterocycles. The van der Waals surface area contributed by atoms with E-state index in [-0.39, 0.29) is 28.7 Å². The number of ether oxygens (including phenoxy) is 1. The van der Waals surface area contributed by atoms with E-state index >= 15 is 0 Å². The van der Waals surface area contributed by atoms with E-state index in [0.717, 1.165) is 61.8 Å². The van der Waals surface area contributed by atoms with Gasteiger partial charge in [0.1, 0.15) is 18.2 Å². The predicted octanol–water partition coefficient (Wildman–Crippen LogP) is 6.62. The molecule has 0 aliphatic heterocycles. The molecule has 5 rings (SSSR count). The molecule has 0 aromatic heterocycles. The summed E-state index contributed by atoms with van der Waals surface area (Å²) < 4.78 is 19.0. The van der Waals surface area contributed by atoms with Crippen molar-refractivity contribution in [3.8, 4) is 0 Å². The Bertz CT molecular complexity index is 1010. The van der Waals surface area contributed by atoms with E-state index in [4.69, 9.17) is 16.3 Å². The molecule has 1 aromatic rings. The third kappa shape index (κ3) is 3.29. The molecule has 4 aliphatic rings. The molecule has 0 radical (unpaired) electrons. The normalized spacial score (nSPS) is 38.3. The number of rotatable bonds is 3. The van der Waals surface area contributed by atoms with Gasteiger partial charge in [-0.1, -0.05) is 37.1 Å². The van der Waals surface area contributed by atoms with Crippen LogP contribution in [0.5, 0.6) is 0 Å². The molecule has 5 heteroatoms. The number of hydrogen-bond donors (Lipinski definition) is 0. The highest BCUT2D eigenvalue weighted by Gasteiger charge is 2.58. The summed E-state index contributed by atoms with van der Waals surface area (Å²) >= 11 is 6.69. The molecule has 0 bridgehead atoms. The maximum atomic E-state index is 13.2. The van der Waals surface area contributed by atoms with Crippen molar-refractivity contribution in [2.24, 2.45) is 28.6 Å². The zero-order valence-electron chi connectivity index (χ0n) is 18.7. The van der Waals surface area contributed by atoms with Crippen LogP contribution in [0.15, 0.2) is 46.5 Å². The average molecular weight is 457 g/mol. The molecule has 3 nitrogen and oxygen atoms in total. The summed E-state index contributed by atoms with van der Waals surface area (Å²) in [5, 5.41) is 0.798. The van der Waals surface area contributed by atoms with Gasteiger partial charge in [-0.25, -0.2) is 9.18 Å². The van der Waals surface area contributed by atoms with Gasteiger partial charge in [-0.15, -0.1) is 0 Å². The summed E-state index contributed by atoms with van der Waals surface area (Å²) in [4.78, 5) is 24.1. The number of benzene rings is 1. The number of esters is 1. The lowest BCUT2D eigenvalue weighted by atomic mass is 9.48. The first-order chi connectivity index (χ1) is 15.3. The molecule has 6 atom stereocenters. The van der Waals surface area contributed by atoms with Crippen molar-refractivity contribution in [2.45, 2.75) is 64.9 Å². The van der Waals surface area contributed by atoms with E-state index in [0.29, 0.717) is 23.3 Å². The first kappa shape index (κ1) is 21.9. The largest absolute Gasteiger partial charge is 0.458 e. The van der Waals surface area contributed by atoms with Gasteiger partial charge in [-0.3, -0.25) is 4.79 Å². The second kappa shape index (κ2) is 7.83. The number of carbonyl (C=O) groups excluding carboxylic acids is 2. The van der Waals surface area contributed by atoms with E-state index in [1.807, 2.05) is 0 Å². The number of carbonyl (C=O) groups is 2. The van der Waals surface area contributed by atoms with Crippen molar-refractivity contribution >= 4 is 23.9 Å². The lowest BCUT2D eigenvalue weighted by Crippen LogP contribution is -2.50. The summed E-state index contributed by atoms with van der Waals surface area (Å²) in [6.45, 7) is 4.64. The fourth-order valence-electron chi connectivity index (χ4n) is 7.30. The number of fused-ring (bicyclic) bond motifs is 5. The molecule has 1 aromatic carbocycles. The van der Waals surface area contributed by atoms with E-state index in [9.17, 15) is 14.0 Å². The Balaban J connectivity index is 1.32. The molecule has 4 aliphatic carbocycles. The summed E-state index contributed by atoms with van der Waals surface area (Å²) in [6, 6.07) is 5.52. The number of halogens is 2. The Morgan fingerprint density at radius 3 is 2.53 bits per heavy atom. The van der Waals surface area contributed by atoms with Gasteiger partial charge in [-0.2, -0.15) is 0 Å². The van der Waals surface area contributed by atoms with Crippen molar-refractivity contribution in [1.29, 1.82) is 0 Å². The van der Waals surface area contributed by atoms with Crippen LogP contribution in [0.4, 0.5) is 4.39 Å². The quantitative estimate of drug-likeness (QED) is 0.292. The second-order valence-corrected chi connectivity index (χ2v) is 11.0. The van der Waals surface area contributed by atoms with E-state index < -0.39 is 0 Å². The minimum atomic E-state index is -0.380. The van der Waals surface area contributed by atoms with E-state index in [2.05, 4.69) is 19.9 Å².